The van der Waals surface area contributed by atoms with Crippen molar-refractivity contribution in [1.29, 1.82) is 0 Å². The molecule has 6 heteroatoms. The second-order valence-electron chi connectivity index (χ2n) is 6.05. The summed E-state index contributed by atoms with van der Waals surface area (Å²) >= 11 is 3.51. The summed E-state index contributed by atoms with van der Waals surface area (Å²) < 4.78 is 6.89. The number of rotatable bonds is 5. The Morgan fingerprint density at radius 3 is 2.37 bits per heavy atom. The van der Waals surface area contributed by atoms with Crippen molar-refractivity contribution < 1.29 is 44.2 Å². The monoisotopic (exact) mass is 433 g/mol. The smallest absolute Gasteiger partial charge is 0.543 e. The molecule has 0 saturated heterocycles. The number of hydrogen-bond acceptors (Lipinski definition) is 4. The maximum absolute atomic E-state index is 11.2. The van der Waals surface area contributed by atoms with Crippen LogP contribution in [0.2, 0.25) is 0 Å². The minimum absolute atomic E-state index is 0. The van der Waals surface area contributed by atoms with E-state index < -0.39 is 5.97 Å². The van der Waals surface area contributed by atoms with E-state index in [-0.39, 0.29) is 41.4 Å². The summed E-state index contributed by atoms with van der Waals surface area (Å²) in [5, 5.41) is 11.2. The molecule has 132 valence electrons. The van der Waals surface area contributed by atoms with Crippen molar-refractivity contribution in [2.75, 3.05) is 0 Å². The summed E-state index contributed by atoms with van der Waals surface area (Å²) in [4.78, 5) is 15.4. The first-order valence-electron chi connectivity index (χ1n) is 8.20. The van der Waals surface area contributed by atoms with E-state index in [1.807, 2.05) is 56.3 Å². The van der Waals surface area contributed by atoms with Gasteiger partial charge in [-0.15, -0.1) is 0 Å². The molecule has 27 heavy (non-hydrogen) atoms. The maximum atomic E-state index is 11.2. The number of aromatic nitrogens is 1. The van der Waals surface area contributed by atoms with Crippen LogP contribution in [-0.2, 0) is 0 Å². The Hall–Kier alpha value is -1.66. The normalized spacial score (nSPS) is 10.4. The van der Waals surface area contributed by atoms with Crippen LogP contribution in [0.5, 0.6) is 5.75 Å². The molecule has 0 N–H and O–H groups in total. The number of pyridine rings is 1. The molecule has 4 nitrogen and oxygen atoms in total. The third-order valence-corrected chi connectivity index (χ3v) is 4.25. The molecule has 0 aliphatic heterocycles. The Balaban J connectivity index is 0.00000261. The first-order chi connectivity index (χ1) is 12.5. The van der Waals surface area contributed by atoms with E-state index in [1.165, 1.54) is 6.07 Å². The molecule has 0 aliphatic carbocycles. The minimum atomic E-state index is -1.30. The maximum Gasteiger partial charge on any atom is 1.00 e. The second-order valence-corrected chi connectivity index (χ2v) is 6.96. The number of aromatic carboxylic acids is 1. The van der Waals surface area contributed by atoms with Crippen LogP contribution in [0.1, 0.15) is 24.3 Å². The first-order valence-corrected chi connectivity index (χ1v) is 8.99. The Morgan fingerprint density at radius 1 is 1.00 bits per heavy atom. The van der Waals surface area contributed by atoms with Crippen molar-refractivity contribution in [1.82, 2.24) is 4.98 Å². The summed E-state index contributed by atoms with van der Waals surface area (Å²) in [6.07, 6.45) is 0.0293. The number of halogens is 1. The van der Waals surface area contributed by atoms with Crippen LogP contribution in [0.15, 0.2) is 65.1 Å². The van der Waals surface area contributed by atoms with Gasteiger partial charge in [0.05, 0.1) is 23.5 Å². The van der Waals surface area contributed by atoms with Gasteiger partial charge in [0.25, 0.3) is 0 Å². The molecule has 0 unspecified atom stereocenters. The Bertz CT molecular complexity index is 960. The van der Waals surface area contributed by atoms with Gasteiger partial charge in [-0.2, -0.15) is 0 Å². The zero-order chi connectivity index (χ0) is 18.7. The Morgan fingerprint density at radius 2 is 1.70 bits per heavy atom. The number of benzene rings is 2. The van der Waals surface area contributed by atoms with E-state index in [9.17, 15) is 9.90 Å². The minimum Gasteiger partial charge on any atom is -0.543 e. The number of carboxylic acids is 1. The van der Waals surface area contributed by atoms with Gasteiger partial charge < -0.3 is 14.6 Å². The third-order valence-electron chi connectivity index (χ3n) is 3.76. The molecule has 3 aromatic rings. The van der Waals surface area contributed by atoms with Crippen molar-refractivity contribution >= 4 is 21.9 Å². The van der Waals surface area contributed by atoms with Gasteiger partial charge in [0.2, 0.25) is 0 Å². The molecule has 0 fully saturated rings. The Labute approximate surface area is 189 Å². The standard InChI is InChI=1S/C21H18BrNO3.Na/c1-13(2)26-20-11-10-14(22)12-17(20)15-6-3-4-7-16(15)18-8-5-9-19(23-18)21(24)25;/h3-13H,1-2H3,(H,24,25);/q;+1/p-1. The number of carbonyl (C=O) groups is 1. The van der Waals surface area contributed by atoms with Crippen LogP contribution >= 0.6 is 15.9 Å². The summed E-state index contributed by atoms with van der Waals surface area (Å²) in [5.41, 5.74) is 3.11. The van der Waals surface area contributed by atoms with Crippen LogP contribution in [0.4, 0.5) is 0 Å². The number of carboxylic acid groups (broad SMARTS) is 1. The molecule has 2 aromatic carbocycles. The number of carbonyl (C=O) groups excluding carboxylic acids is 1. The molecule has 0 atom stereocenters. The molecule has 0 saturated carbocycles. The van der Waals surface area contributed by atoms with E-state index >= 15 is 0 Å². The quantitative estimate of drug-likeness (QED) is 0.569. The first kappa shape index (κ1) is 21.6. The molecule has 0 amide bonds. The summed E-state index contributed by atoms with van der Waals surface area (Å²) in [5.74, 6) is -0.540. The Kier molecular flexibility index (Phi) is 7.62. The van der Waals surface area contributed by atoms with Crippen molar-refractivity contribution in [3.05, 3.63) is 70.8 Å². The van der Waals surface area contributed by atoms with Gasteiger partial charge in [0.1, 0.15) is 5.75 Å². The fourth-order valence-electron chi connectivity index (χ4n) is 2.71. The molecule has 3 rings (SSSR count). The SMILES string of the molecule is CC(C)Oc1ccc(Br)cc1-c1ccccc1-c1cccc(C(=O)[O-])n1.[Na+]. The largest absolute Gasteiger partial charge is 1.00 e. The van der Waals surface area contributed by atoms with E-state index in [0.717, 1.165) is 26.9 Å². The van der Waals surface area contributed by atoms with Crippen molar-refractivity contribution in [3.63, 3.8) is 0 Å². The van der Waals surface area contributed by atoms with E-state index in [1.54, 1.807) is 12.1 Å². The molecular formula is C21H17BrNNaO3. The number of ether oxygens (including phenoxy) is 1. The van der Waals surface area contributed by atoms with Gasteiger partial charge in [0, 0.05) is 15.6 Å². The molecule has 1 aromatic heterocycles. The van der Waals surface area contributed by atoms with Gasteiger partial charge in [0.15, 0.2) is 0 Å². The summed E-state index contributed by atoms with van der Waals surface area (Å²) in [7, 11) is 0. The second kappa shape index (κ2) is 9.51. The van der Waals surface area contributed by atoms with Gasteiger partial charge >= 0.3 is 29.6 Å². The van der Waals surface area contributed by atoms with Crippen molar-refractivity contribution in [2.24, 2.45) is 0 Å². The fraction of sp³-hybridized carbons (Fsp3) is 0.143. The van der Waals surface area contributed by atoms with E-state index in [4.69, 9.17) is 4.74 Å². The summed E-state index contributed by atoms with van der Waals surface area (Å²) in [6, 6.07) is 18.4. The average Bonchev–Trinajstić information content (AvgIpc) is 2.63. The van der Waals surface area contributed by atoms with Crippen LogP contribution in [0.25, 0.3) is 22.4 Å². The molecule has 0 aliphatic rings. The van der Waals surface area contributed by atoms with Crippen molar-refractivity contribution in [2.45, 2.75) is 20.0 Å². The van der Waals surface area contributed by atoms with Gasteiger partial charge in [-0.3, -0.25) is 0 Å². The molecular weight excluding hydrogens is 417 g/mol. The topological polar surface area (TPSA) is 62.2 Å². The summed E-state index contributed by atoms with van der Waals surface area (Å²) in [6.45, 7) is 3.95. The number of nitrogens with zero attached hydrogens (tertiary/aromatic N) is 1. The van der Waals surface area contributed by atoms with Crippen LogP contribution in [-0.4, -0.2) is 17.1 Å². The molecule has 1 heterocycles. The fourth-order valence-corrected chi connectivity index (χ4v) is 3.07. The van der Waals surface area contributed by atoms with Gasteiger partial charge in [-0.1, -0.05) is 46.3 Å². The van der Waals surface area contributed by atoms with Gasteiger partial charge in [-0.05, 0) is 49.7 Å². The zero-order valence-corrected chi connectivity index (χ0v) is 19.0. The number of hydrogen-bond donors (Lipinski definition) is 0. The van der Waals surface area contributed by atoms with Crippen LogP contribution in [0.3, 0.4) is 0 Å². The van der Waals surface area contributed by atoms with E-state index in [0.29, 0.717) is 5.69 Å². The third kappa shape index (κ3) is 5.20. The average molecular weight is 434 g/mol. The molecule has 0 spiro atoms. The predicted octanol–water partition coefficient (Wildman–Crippen LogP) is 1.33. The zero-order valence-electron chi connectivity index (χ0n) is 15.4. The van der Waals surface area contributed by atoms with Gasteiger partial charge in [-0.25, -0.2) is 4.98 Å². The van der Waals surface area contributed by atoms with Crippen molar-refractivity contribution in [3.8, 4) is 28.1 Å². The van der Waals surface area contributed by atoms with Crippen LogP contribution in [0, 0.1) is 0 Å². The molecule has 0 radical (unpaired) electrons. The van der Waals surface area contributed by atoms with Crippen LogP contribution < -0.4 is 39.4 Å². The molecule has 0 bridgehead atoms. The van der Waals surface area contributed by atoms with E-state index in [2.05, 4.69) is 20.9 Å². The predicted molar refractivity (Wildman–Crippen MR) is 103 cm³/mol.